The van der Waals surface area contributed by atoms with E-state index in [0.717, 1.165) is 11.3 Å². The van der Waals surface area contributed by atoms with Gasteiger partial charge in [0.25, 0.3) is 5.91 Å². The van der Waals surface area contributed by atoms with Gasteiger partial charge in [-0.1, -0.05) is 35.6 Å². The van der Waals surface area contributed by atoms with Gasteiger partial charge in [0.1, 0.15) is 19.0 Å². The van der Waals surface area contributed by atoms with E-state index in [1.807, 2.05) is 24.0 Å². The van der Waals surface area contributed by atoms with Gasteiger partial charge in [-0.3, -0.25) is 9.59 Å². The number of ketones is 1. The van der Waals surface area contributed by atoms with Crippen LogP contribution in [0.4, 0.5) is 0 Å². The lowest BCUT2D eigenvalue weighted by molar-refractivity contribution is -0.132. The number of carbonyl (C=O) groups excluding carboxylic acids is 2. The van der Waals surface area contributed by atoms with E-state index in [1.54, 1.807) is 24.6 Å². The molecule has 1 fully saturated rings. The van der Waals surface area contributed by atoms with Crippen LogP contribution in [0.1, 0.15) is 25.3 Å². The average molecular weight is 427 g/mol. The van der Waals surface area contributed by atoms with E-state index in [0.29, 0.717) is 24.4 Å². The topological polar surface area (TPSA) is 78.9 Å². The van der Waals surface area contributed by atoms with Crippen molar-refractivity contribution in [3.8, 4) is 11.8 Å². The number of aliphatic hydroxyl groups is 1. The van der Waals surface area contributed by atoms with Gasteiger partial charge in [0.05, 0.1) is 11.6 Å². The number of Topliss-reactive ketones (excluding diaryl/α,β-unsaturated/α-hetero) is 1. The quantitative estimate of drug-likeness (QED) is 0.573. The van der Waals surface area contributed by atoms with Crippen LogP contribution in [0, 0.1) is 23.7 Å². The molecule has 1 aliphatic carbocycles. The van der Waals surface area contributed by atoms with E-state index < -0.39 is 5.91 Å². The summed E-state index contributed by atoms with van der Waals surface area (Å²) in [6, 6.07) is 7.05. The standard InChI is InChI=1S/C23H23ClN2O4/c1-14-13-30-20-10-16(3-2-8-27)9-18-21(20)26(14)12-19(22(18)28)23(29)25-11-15-4-6-17(24)7-5-15/h4-7,12-13,16,18,20-21,27H,8-11H2,1H3,(H,25,29). The van der Waals surface area contributed by atoms with Gasteiger partial charge >= 0.3 is 0 Å². The van der Waals surface area contributed by atoms with Crippen LogP contribution in [0.5, 0.6) is 0 Å². The van der Waals surface area contributed by atoms with E-state index >= 15 is 0 Å². The summed E-state index contributed by atoms with van der Waals surface area (Å²) in [4.78, 5) is 28.1. The normalized spacial score (nSPS) is 27.0. The number of hydrogen-bond acceptors (Lipinski definition) is 5. The molecular weight excluding hydrogens is 404 g/mol. The van der Waals surface area contributed by atoms with E-state index in [9.17, 15) is 9.59 Å². The average Bonchev–Trinajstić information content (AvgIpc) is 2.75. The number of rotatable bonds is 3. The molecule has 1 aromatic carbocycles. The summed E-state index contributed by atoms with van der Waals surface area (Å²) < 4.78 is 5.87. The highest BCUT2D eigenvalue weighted by Crippen LogP contribution is 2.42. The molecule has 1 amide bonds. The highest BCUT2D eigenvalue weighted by Gasteiger charge is 2.50. The maximum Gasteiger partial charge on any atom is 0.256 e. The number of nitrogens with one attached hydrogen (secondary N) is 1. The molecule has 2 heterocycles. The van der Waals surface area contributed by atoms with Crippen molar-refractivity contribution >= 4 is 23.3 Å². The molecule has 6 nitrogen and oxygen atoms in total. The smallest absolute Gasteiger partial charge is 0.256 e. The van der Waals surface area contributed by atoms with Crippen LogP contribution in [0.2, 0.25) is 5.02 Å². The molecular formula is C23H23ClN2O4. The van der Waals surface area contributed by atoms with Gasteiger partial charge < -0.3 is 20.1 Å². The Labute approximate surface area is 180 Å². The summed E-state index contributed by atoms with van der Waals surface area (Å²) in [7, 11) is 0. The Bertz CT molecular complexity index is 973. The molecule has 4 rings (SSSR count). The van der Waals surface area contributed by atoms with Crippen LogP contribution in [0.25, 0.3) is 0 Å². The number of hydrogen-bond donors (Lipinski definition) is 2. The summed E-state index contributed by atoms with van der Waals surface area (Å²) >= 11 is 5.90. The fourth-order valence-electron chi connectivity index (χ4n) is 4.42. The maximum atomic E-state index is 13.3. The van der Waals surface area contributed by atoms with Crippen molar-refractivity contribution in [2.24, 2.45) is 11.8 Å². The number of halogens is 1. The van der Waals surface area contributed by atoms with E-state index in [1.165, 1.54) is 0 Å². The fraction of sp³-hybridized carbons (Fsp3) is 0.391. The summed E-state index contributed by atoms with van der Waals surface area (Å²) in [5, 5.41) is 12.5. The molecule has 0 aromatic heterocycles. The molecule has 2 N–H and O–H groups in total. The third-order valence-corrected chi connectivity index (χ3v) is 6.11. The van der Waals surface area contributed by atoms with Gasteiger partial charge in [-0.05, 0) is 31.0 Å². The number of ether oxygens (including phenoxy) is 1. The molecule has 4 unspecified atom stereocenters. The van der Waals surface area contributed by atoms with Crippen molar-refractivity contribution < 1.29 is 19.4 Å². The second-order valence-corrected chi connectivity index (χ2v) is 8.24. The first-order valence-electron chi connectivity index (χ1n) is 9.96. The Morgan fingerprint density at radius 1 is 1.33 bits per heavy atom. The molecule has 1 saturated carbocycles. The summed E-state index contributed by atoms with van der Waals surface area (Å²) in [5.41, 5.74) is 1.90. The van der Waals surface area contributed by atoms with Crippen LogP contribution >= 0.6 is 11.6 Å². The molecule has 0 radical (unpaired) electrons. The molecule has 0 spiro atoms. The van der Waals surface area contributed by atoms with Crippen molar-refractivity contribution in [1.29, 1.82) is 0 Å². The molecule has 0 bridgehead atoms. The van der Waals surface area contributed by atoms with E-state index in [4.69, 9.17) is 21.4 Å². The van der Waals surface area contributed by atoms with Crippen LogP contribution in [0.3, 0.4) is 0 Å². The Hall–Kier alpha value is -2.75. The van der Waals surface area contributed by atoms with Crippen LogP contribution in [-0.2, 0) is 20.9 Å². The number of amides is 1. The van der Waals surface area contributed by atoms with Crippen molar-refractivity contribution in [3.63, 3.8) is 0 Å². The van der Waals surface area contributed by atoms with Crippen LogP contribution in [0.15, 0.2) is 48.0 Å². The largest absolute Gasteiger partial charge is 0.494 e. The number of aliphatic hydroxyl groups excluding tert-OH is 1. The van der Waals surface area contributed by atoms with Crippen molar-refractivity contribution in [2.45, 2.75) is 38.5 Å². The zero-order valence-corrected chi connectivity index (χ0v) is 17.4. The van der Waals surface area contributed by atoms with Gasteiger partial charge in [-0.25, -0.2) is 0 Å². The Kier molecular flexibility index (Phi) is 5.85. The molecule has 2 aliphatic heterocycles. The van der Waals surface area contributed by atoms with E-state index in [2.05, 4.69) is 17.2 Å². The third kappa shape index (κ3) is 3.96. The highest BCUT2D eigenvalue weighted by molar-refractivity contribution is 6.30. The minimum atomic E-state index is -0.396. The van der Waals surface area contributed by atoms with Crippen LogP contribution in [-0.4, -0.2) is 40.4 Å². The monoisotopic (exact) mass is 426 g/mol. The number of nitrogens with zero attached hydrogens (tertiary/aromatic N) is 1. The predicted octanol–water partition coefficient (Wildman–Crippen LogP) is 2.38. The second-order valence-electron chi connectivity index (χ2n) is 7.80. The Morgan fingerprint density at radius 2 is 2.10 bits per heavy atom. The fourth-order valence-corrected chi connectivity index (χ4v) is 4.55. The minimum absolute atomic E-state index is 0.0579. The highest BCUT2D eigenvalue weighted by atomic mass is 35.5. The van der Waals surface area contributed by atoms with E-state index in [-0.39, 0.29) is 41.9 Å². The molecule has 0 saturated heterocycles. The van der Waals surface area contributed by atoms with Gasteiger partial charge in [-0.2, -0.15) is 0 Å². The van der Waals surface area contributed by atoms with Crippen molar-refractivity contribution in [3.05, 3.63) is 58.6 Å². The molecule has 156 valence electrons. The van der Waals surface area contributed by atoms with Crippen molar-refractivity contribution in [2.75, 3.05) is 6.61 Å². The first-order valence-corrected chi connectivity index (χ1v) is 10.3. The molecule has 30 heavy (non-hydrogen) atoms. The number of allylic oxidation sites excluding steroid dienone is 1. The SMILES string of the molecule is CC1=COC2CC(C#CCO)CC3C(=O)C(C(=O)NCc4ccc(Cl)cc4)=CN1C23. The summed E-state index contributed by atoms with van der Waals surface area (Å²) in [5.74, 6) is 4.71. The van der Waals surface area contributed by atoms with Gasteiger partial charge in [0.2, 0.25) is 0 Å². The predicted molar refractivity (Wildman–Crippen MR) is 112 cm³/mol. The lowest BCUT2D eigenvalue weighted by atomic mass is 9.70. The molecule has 1 aromatic rings. The Balaban J connectivity index is 1.56. The second kappa shape index (κ2) is 8.55. The van der Waals surface area contributed by atoms with Gasteiger partial charge in [0, 0.05) is 41.7 Å². The first kappa shape index (κ1) is 20.5. The Morgan fingerprint density at radius 3 is 2.83 bits per heavy atom. The third-order valence-electron chi connectivity index (χ3n) is 5.86. The zero-order chi connectivity index (χ0) is 21.3. The summed E-state index contributed by atoms with van der Waals surface area (Å²) in [6.45, 7) is 1.99. The maximum absolute atomic E-state index is 13.3. The lowest BCUT2D eigenvalue weighted by Crippen LogP contribution is -2.58. The lowest BCUT2D eigenvalue weighted by Gasteiger charge is -2.49. The summed E-state index contributed by atoms with van der Waals surface area (Å²) in [6.07, 6.45) is 4.39. The molecule has 7 heteroatoms. The van der Waals surface area contributed by atoms with Crippen molar-refractivity contribution in [1.82, 2.24) is 10.2 Å². The van der Waals surface area contributed by atoms with Gasteiger partial charge in [0.15, 0.2) is 5.78 Å². The van der Waals surface area contributed by atoms with Gasteiger partial charge in [-0.15, -0.1) is 0 Å². The van der Waals surface area contributed by atoms with Crippen LogP contribution < -0.4 is 5.32 Å². The number of benzene rings is 1. The molecule has 4 atom stereocenters. The minimum Gasteiger partial charge on any atom is -0.494 e. The first-order chi connectivity index (χ1) is 14.5. The zero-order valence-electron chi connectivity index (χ0n) is 16.6. The molecule has 3 aliphatic rings. The number of carbonyl (C=O) groups is 2.